The molecule has 10 nitrogen and oxygen atoms in total. The van der Waals surface area contributed by atoms with Gasteiger partial charge in [-0.3, -0.25) is 14.2 Å². The van der Waals surface area contributed by atoms with Crippen molar-refractivity contribution < 1.29 is 28.9 Å². The van der Waals surface area contributed by atoms with Crippen LogP contribution in [0.1, 0.15) is 40.0 Å². The normalized spacial score (nSPS) is 14.1. The molecule has 2 N–H and O–H groups in total. The first-order valence-corrected chi connectivity index (χ1v) is 15.7. The molecule has 5 aromatic rings. The fourth-order valence-electron chi connectivity index (χ4n) is 5.43. The van der Waals surface area contributed by atoms with Crippen LogP contribution in [0, 0.1) is 0 Å². The Kier molecular flexibility index (Phi) is 9.22. The number of hydrogen-bond acceptors (Lipinski definition) is 8. The zero-order valence-electron chi connectivity index (χ0n) is 26.3. The van der Waals surface area contributed by atoms with Gasteiger partial charge in [-0.2, -0.15) is 0 Å². The second-order valence-corrected chi connectivity index (χ2v) is 11.9. The molecule has 11 heteroatoms. The lowest BCUT2D eigenvalue weighted by Crippen LogP contribution is -2.40. The maximum Gasteiger partial charge on any atom is 0.335 e. The van der Waals surface area contributed by atoms with Crippen molar-refractivity contribution in [3.63, 3.8) is 0 Å². The van der Waals surface area contributed by atoms with Crippen LogP contribution in [0.25, 0.3) is 6.08 Å². The second-order valence-electron chi connectivity index (χ2n) is 10.9. The van der Waals surface area contributed by atoms with Gasteiger partial charge < -0.3 is 24.6 Å². The van der Waals surface area contributed by atoms with Crippen LogP contribution in [-0.2, 0) is 11.4 Å². The Morgan fingerprint density at radius 1 is 0.938 bits per heavy atom. The summed E-state index contributed by atoms with van der Waals surface area (Å²) in [6, 6.07) is 27.5. The largest absolute Gasteiger partial charge is 0.497 e. The van der Waals surface area contributed by atoms with Crippen molar-refractivity contribution in [1.29, 1.82) is 0 Å². The number of aromatic nitrogens is 1. The highest BCUT2D eigenvalue weighted by Gasteiger charge is 2.32. The first kappa shape index (κ1) is 32.0. The molecule has 0 aliphatic carbocycles. The quantitative estimate of drug-likeness (QED) is 0.211. The van der Waals surface area contributed by atoms with E-state index in [0.29, 0.717) is 54.7 Å². The first-order valence-electron chi connectivity index (χ1n) is 14.9. The molecule has 0 radical (unpaired) electrons. The number of hydrogen-bond donors (Lipinski definition) is 2. The number of carboxylic acids is 1. The number of carbonyl (C=O) groups excluding carboxylic acids is 1. The van der Waals surface area contributed by atoms with Crippen LogP contribution in [0.15, 0.2) is 118 Å². The van der Waals surface area contributed by atoms with Gasteiger partial charge in [-0.25, -0.2) is 9.79 Å². The molecule has 4 aromatic carbocycles. The van der Waals surface area contributed by atoms with Crippen molar-refractivity contribution in [2.45, 2.75) is 19.6 Å². The third kappa shape index (κ3) is 6.62. The number of amides is 1. The molecule has 6 rings (SSSR count). The summed E-state index contributed by atoms with van der Waals surface area (Å²) in [6.45, 7) is 1.91. The number of rotatable bonds is 10. The molecule has 0 unspecified atom stereocenters. The van der Waals surface area contributed by atoms with Gasteiger partial charge in [0.2, 0.25) is 0 Å². The highest BCUT2D eigenvalue weighted by molar-refractivity contribution is 7.07. The maximum absolute atomic E-state index is 14.1. The predicted octanol–water partition coefficient (Wildman–Crippen LogP) is 5.17. The lowest BCUT2D eigenvalue weighted by Gasteiger charge is -2.25. The lowest BCUT2D eigenvalue weighted by molar-refractivity contribution is -0.113. The highest BCUT2D eigenvalue weighted by Crippen LogP contribution is 2.32. The van der Waals surface area contributed by atoms with E-state index in [1.165, 1.54) is 24.5 Å². The van der Waals surface area contributed by atoms with Crippen LogP contribution in [0.3, 0.4) is 0 Å². The molecule has 0 spiro atoms. The van der Waals surface area contributed by atoms with E-state index < -0.39 is 12.0 Å². The van der Waals surface area contributed by atoms with Gasteiger partial charge in [0, 0.05) is 5.69 Å². The van der Waals surface area contributed by atoms with Gasteiger partial charge >= 0.3 is 5.97 Å². The minimum atomic E-state index is -1.01. The van der Waals surface area contributed by atoms with E-state index in [0.717, 1.165) is 5.56 Å². The zero-order chi connectivity index (χ0) is 33.8. The lowest BCUT2D eigenvalue weighted by atomic mass is 9.95. The number of fused-ring (bicyclic) bond motifs is 1. The summed E-state index contributed by atoms with van der Waals surface area (Å²) in [5, 5.41) is 12.2. The van der Waals surface area contributed by atoms with Crippen molar-refractivity contribution in [3.05, 3.63) is 150 Å². The zero-order valence-corrected chi connectivity index (χ0v) is 27.1. The molecular formula is C37H31N3O7S. The summed E-state index contributed by atoms with van der Waals surface area (Å²) in [5.74, 6) is 0.185. The van der Waals surface area contributed by atoms with E-state index in [9.17, 15) is 19.5 Å². The number of para-hydroxylation sites is 1. The Bertz CT molecular complexity index is 2220. The third-order valence-corrected chi connectivity index (χ3v) is 8.77. The first-order chi connectivity index (χ1) is 23.2. The number of thiazole rings is 1. The van der Waals surface area contributed by atoms with Gasteiger partial charge in [-0.05, 0) is 78.2 Å². The van der Waals surface area contributed by atoms with Crippen molar-refractivity contribution in [1.82, 2.24) is 4.57 Å². The SMILES string of the molecule is COc1ccc([C@@H]2C(C(=O)Nc3ccccc3)=C(C)N=c3s/c(=C/c4ccc(OCc5cccc(C(=O)O)c5)c(OC)c4)c(=O)n32)cc1. The summed E-state index contributed by atoms with van der Waals surface area (Å²) in [5.41, 5.74) is 3.49. The van der Waals surface area contributed by atoms with E-state index in [4.69, 9.17) is 19.2 Å². The van der Waals surface area contributed by atoms with Crippen LogP contribution in [-0.4, -0.2) is 35.8 Å². The third-order valence-electron chi connectivity index (χ3n) is 7.78. The minimum absolute atomic E-state index is 0.139. The monoisotopic (exact) mass is 661 g/mol. The average Bonchev–Trinajstić information content (AvgIpc) is 3.40. The molecule has 242 valence electrons. The van der Waals surface area contributed by atoms with Crippen LogP contribution >= 0.6 is 11.3 Å². The van der Waals surface area contributed by atoms with Crippen molar-refractivity contribution in [2.24, 2.45) is 4.99 Å². The summed E-state index contributed by atoms with van der Waals surface area (Å²) in [6.07, 6.45) is 1.75. The Labute approximate surface area is 279 Å². The Morgan fingerprint density at radius 3 is 2.42 bits per heavy atom. The van der Waals surface area contributed by atoms with E-state index in [2.05, 4.69) is 5.32 Å². The number of benzene rings is 4. The molecule has 0 saturated carbocycles. The predicted molar refractivity (Wildman–Crippen MR) is 183 cm³/mol. The van der Waals surface area contributed by atoms with Crippen LogP contribution in [0.5, 0.6) is 17.2 Å². The molecule has 1 aliphatic rings. The Hall–Kier alpha value is -5.94. The molecule has 48 heavy (non-hydrogen) atoms. The van der Waals surface area contributed by atoms with E-state index >= 15 is 0 Å². The second kappa shape index (κ2) is 13.8. The molecule has 0 fully saturated rings. The summed E-state index contributed by atoms with van der Waals surface area (Å²) < 4.78 is 18.9. The standard InChI is InChI=1S/C37H31N3O7S/c1-22-32(34(41)39-27-10-5-4-6-11-27)33(25-13-15-28(45-2)16-14-25)40-35(42)31(48-37(40)38-22)20-23-12-17-29(30(19-23)46-3)47-21-24-8-7-9-26(18-24)36(43)44/h4-20,33H,21H2,1-3H3,(H,39,41)(H,43,44)/b31-20+/t33-/m1/s1. The van der Waals surface area contributed by atoms with Gasteiger partial charge in [0.15, 0.2) is 16.3 Å². The summed E-state index contributed by atoms with van der Waals surface area (Å²) in [7, 11) is 3.10. The highest BCUT2D eigenvalue weighted by atomic mass is 32.1. The number of methoxy groups -OCH3 is 2. The summed E-state index contributed by atoms with van der Waals surface area (Å²) >= 11 is 1.23. The number of ether oxygens (including phenoxy) is 3. The summed E-state index contributed by atoms with van der Waals surface area (Å²) in [4.78, 5) is 44.4. The molecular weight excluding hydrogens is 630 g/mol. The topological polar surface area (TPSA) is 128 Å². The van der Waals surface area contributed by atoms with Crippen molar-refractivity contribution in [2.75, 3.05) is 19.5 Å². The Balaban J connectivity index is 1.36. The molecule has 1 atom stereocenters. The fourth-order valence-corrected chi connectivity index (χ4v) is 6.48. The van der Waals surface area contributed by atoms with Gasteiger partial charge in [0.1, 0.15) is 12.4 Å². The van der Waals surface area contributed by atoms with Gasteiger partial charge in [-0.1, -0.05) is 59.9 Å². The van der Waals surface area contributed by atoms with Crippen LogP contribution in [0.4, 0.5) is 5.69 Å². The number of nitrogens with zero attached hydrogens (tertiary/aromatic N) is 2. The number of carboxylic acid groups (broad SMARTS) is 1. The van der Waals surface area contributed by atoms with Gasteiger partial charge in [0.25, 0.3) is 11.5 Å². The van der Waals surface area contributed by atoms with Crippen molar-refractivity contribution >= 4 is 35.0 Å². The maximum atomic E-state index is 14.1. The van der Waals surface area contributed by atoms with E-state index in [-0.39, 0.29) is 23.6 Å². The van der Waals surface area contributed by atoms with Gasteiger partial charge in [0.05, 0.1) is 41.6 Å². The average molecular weight is 662 g/mol. The molecule has 2 heterocycles. The van der Waals surface area contributed by atoms with Crippen molar-refractivity contribution in [3.8, 4) is 17.2 Å². The smallest absolute Gasteiger partial charge is 0.335 e. The molecule has 0 saturated heterocycles. The number of anilines is 1. The minimum Gasteiger partial charge on any atom is -0.497 e. The Morgan fingerprint density at radius 2 is 1.71 bits per heavy atom. The molecule has 1 amide bonds. The number of aromatic carboxylic acids is 1. The van der Waals surface area contributed by atoms with E-state index in [1.54, 1.807) is 85.3 Å². The molecule has 1 aromatic heterocycles. The van der Waals surface area contributed by atoms with Crippen LogP contribution < -0.4 is 34.4 Å². The fraction of sp³-hybridized carbons (Fsp3) is 0.135. The molecule has 1 aliphatic heterocycles. The molecule has 0 bridgehead atoms. The van der Waals surface area contributed by atoms with Gasteiger partial charge in [-0.15, -0.1) is 0 Å². The number of nitrogens with one attached hydrogen (secondary N) is 1. The number of carbonyl (C=O) groups is 2. The van der Waals surface area contributed by atoms with Crippen LogP contribution in [0.2, 0.25) is 0 Å². The number of allylic oxidation sites excluding steroid dienone is 1. The van der Waals surface area contributed by atoms with E-state index in [1.807, 2.05) is 30.3 Å².